The summed E-state index contributed by atoms with van der Waals surface area (Å²) in [5.41, 5.74) is 11.7. The van der Waals surface area contributed by atoms with Gasteiger partial charge in [0.05, 0.1) is 6.54 Å². The summed E-state index contributed by atoms with van der Waals surface area (Å²) < 4.78 is 1.95. The Balaban J connectivity index is 0.000000213. The van der Waals surface area contributed by atoms with Crippen molar-refractivity contribution in [1.82, 2.24) is 15.1 Å². The molecule has 0 bridgehead atoms. The minimum absolute atomic E-state index is 0.833. The Morgan fingerprint density at radius 2 is 2.21 bits per heavy atom. The van der Waals surface area contributed by atoms with E-state index in [-0.39, 0.29) is 0 Å². The number of hydrogen-bond donors (Lipinski definition) is 3. The minimum atomic E-state index is -0.833. The van der Waals surface area contributed by atoms with Crippen LogP contribution in [0.5, 0.6) is 0 Å². The Bertz CT molecular complexity index is 262. The van der Waals surface area contributed by atoms with Gasteiger partial charge in [-0.2, -0.15) is 0 Å². The number of hydrogen-bond acceptors (Lipinski definition) is 4. The third-order valence-electron chi connectivity index (χ3n) is 1.61. The molecule has 1 aliphatic heterocycles. The van der Waals surface area contributed by atoms with E-state index in [4.69, 9.17) is 4.79 Å². The zero-order chi connectivity index (χ0) is 10.4. The molecular weight excluding hydrogens is 184 g/mol. The molecule has 0 spiro atoms. The Morgan fingerprint density at radius 1 is 1.50 bits per heavy atom. The van der Waals surface area contributed by atoms with Crippen LogP contribution in [0.15, 0.2) is 18.7 Å². The third-order valence-corrected chi connectivity index (χ3v) is 1.61. The van der Waals surface area contributed by atoms with Crippen LogP contribution in [0.25, 0.3) is 0 Å². The van der Waals surface area contributed by atoms with Gasteiger partial charge in [0.25, 0.3) is 0 Å². The number of nitrogens with two attached hydrogens (primary N) is 2. The lowest BCUT2D eigenvalue weighted by molar-refractivity contribution is 0.256. The molecular formula is C7H14N6O. The maximum absolute atomic E-state index is 9.00. The molecule has 1 aromatic rings. The molecule has 5 N–H and O–H groups in total. The highest BCUT2D eigenvalue weighted by Gasteiger charge is 2.09. The lowest BCUT2D eigenvalue weighted by Gasteiger charge is -2.17. The predicted octanol–water partition coefficient (Wildman–Crippen LogP) is -1.25. The van der Waals surface area contributed by atoms with Crippen LogP contribution in [-0.4, -0.2) is 28.8 Å². The van der Waals surface area contributed by atoms with Gasteiger partial charge in [0.1, 0.15) is 6.33 Å². The fraction of sp³-hybridized carbons (Fsp3) is 0.429. The van der Waals surface area contributed by atoms with Gasteiger partial charge in [-0.3, -0.25) is 0 Å². The fourth-order valence-corrected chi connectivity index (χ4v) is 1.11. The highest BCUT2D eigenvalue weighted by atomic mass is 16.2. The standard InChI is InChI=1S/C6H10N4.CH4N2O/c1-2-8-10(4-1)9-5-3-7-6-9;2-1(3)4/h3,5-6,8H,1-2,4H2;(H4,2,3,4). The number of primary amides is 2. The lowest BCUT2D eigenvalue weighted by Crippen LogP contribution is -2.39. The number of rotatable bonds is 1. The molecule has 1 fully saturated rings. The Hall–Kier alpha value is -1.76. The zero-order valence-electron chi connectivity index (χ0n) is 7.76. The highest BCUT2D eigenvalue weighted by molar-refractivity contribution is 5.69. The SMILES string of the molecule is NC(N)=O.c1cn(N2CCCN2)cn1. The number of imidazole rings is 1. The van der Waals surface area contributed by atoms with Gasteiger partial charge in [0.2, 0.25) is 0 Å². The molecule has 0 radical (unpaired) electrons. The first-order valence-electron chi connectivity index (χ1n) is 4.24. The predicted molar refractivity (Wildman–Crippen MR) is 51.7 cm³/mol. The molecule has 1 aliphatic rings. The van der Waals surface area contributed by atoms with E-state index in [2.05, 4.69) is 21.9 Å². The zero-order valence-corrected chi connectivity index (χ0v) is 7.76. The van der Waals surface area contributed by atoms with E-state index in [1.165, 1.54) is 6.42 Å². The van der Waals surface area contributed by atoms with Gasteiger partial charge in [-0.15, -0.1) is 0 Å². The highest BCUT2D eigenvalue weighted by Crippen LogP contribution is 1.95. The molecule has 1 saturated heterocycles. The van der Waals surface area contributed by atoms with Crippen LogP contribution in [0.3, 0.4) is 0 Å². The molecule has 7 heteroatoms. The van der Waals surface area contributed by atoms with Crippen LogP contribution >= 0.6 is 0 Å². The molecule has 1 aromatic heterocycles. The Kier molecular flexibility index (Phi) is 3.74. The van der Waals surface area contributed by atoms with Crippen LogP contribution in [0.2, 0.25) is 0 Å². The Morgan fingerprint density at radius 3 is 2.64 bits per heavy atom. The van der Waals surface area contributed by atoms with E-state index in [9.17, 15) is 0 Å². The summed E-state index contributed by atoms with van der Waals surface area (Å²) in [6.07, 6.45) is 6.70. The number of hydrazine groups is 1. The first-order valence-corrected chi connectivity index (χ1v) is 4.24. The number of nitrogens with one attached hydrogen (secondary N) is 1. The van der Waals surface area contributed by atoms with Crippen molar-refractivity contribution in [2.24, 2.45) is 11.5 Å². The molecule has 2 heterocycles. The van der Waals surface area contributed by atoms with Crippen molar-refractivity contribution in [3.63, 3.8) is 0 Å². The van der Waals surface area contributed by atoms with Crippen LogP contribution in [0.1, 0.15) is 6.42 Å². The summed E-state index contributed by atoms with van der Waals surface area (Å²) in [6, 6.07) is -0.833. The van der Waals surface area contributed by atoms with Crippen molar-refractivity contribution in [1.29, 1.82) is 0 Å². The van der Waals surface area contributed by atoms with Crippen molar-refractivity contribution >= 4 is 6.03 Å². The van der Waals surface area contributed by atoms with Gasteiger partial charge in [0, 0.05) is 18.9 Å². The Labute approximate surface area is 81.6 Å². The summed E-state index contributed by atoms with van der Waals surface area (Å²) in [5.74, 6) is 0. The van der Waals surface area contributed by atoms with E-state index in [0.717, 1.165) is 13.1 Å². The normalized spacial score (nSPS) is 14.7. The molecule has 0 saturated carbocycles. The maximum Gasteiger partial charge on any atom is 0.309 e. The van der Waals surface area contributed by atoms with Gasteiger partial charge >= 0.3 is 6.03 Å². The molecule has 2 amide bonds. The van der Waals surface area contributed by atoms with Crippen molar-refractivity contribution < 1.29 is 4.79 Å². The van der Waals surface area contributed by atoms with E-state index < -0.39 is 6.03 Å². The van der Waals surface area contributed by atoms with E-state index in [0.29, 0.717) is 0 Å². The van der Waals surface area contributed by atoms with E-state index in [1.807, 2.05) is 16.0 Å². The first-order chi connectivity index (χ1) is 6.70. The summed E-state index contributed by atoms with van der Waals surface area (Å²) >= 11 is 0. The number of nitrogens with zero attached hydrogens (tertiary/aromatic N) is 3. The second-order valence-corrected chi connectivity index (χ2v) is 2.73. The van der Waals surface area contributed by atoms with Crippen LogP contribution < -0.4 is 22.0 Å². The smallest absolute Gasteiger partial charge is 0.309 e. The monoisotopic (exact) mass is 198 g/mol. The average Bonchev–Trinajstić information content (AvgIpc) is 2.76. The van der Waals surface area contributed by atoms with Gasteiger partial charge in [-0.25, -0.2) is 25.0 Å². The summed E-state index contributed by atoms with van der Waals surface area (Å²) in [4.78, 5) is 12.9. The van der Waals surface area contributed by atoms with Crippen molar-refractivity contribution in [3.8, 4) is 0 Å². The summed E-state index contributed by atoms with van der Waals surface area (Å²) in [5, 5.41) is 2.05. The van der Waals surface area contributed by atoms with Gasteiger partial charge < -0.3 is 11.5 Å². The molecule has 78 valence electrons. The second-order valence-electron chi connectivity index (χ2n) is 2.73. The average molecular weight is 198 g/mol. The van der Waals surface area contributed by atoms with Crippen LogP contribution in [0.4, 0.5) is 4.79 Å². The number of aromatic nitrogens is 2. The van der Waals surface area contributed by atoms with Crippen molar-refractivity contribution in [3.05, 3.63) is 18.7 Å². The summed E-state index contributed by atoms with van der Waals surface area (Å²) in [7, 11) is 0. The molecule has 0 atom stereocenters. The van der Waals surface area contributed by atoms with E-state index in [1.54, 1.807) is 12.5 Å². The van der Waals surface area contributed by atoms with Crippen molar-refractivity contribution in [2.75, 3.05) is 18.2 Å². The number of carbonyl (C=O) groups is 1. The van der Waals surface area contributed by atoms with Crippen molar-refractivity contribution in [2.45, 2.75) is 6.42 Å². The third kappa shape index (κ3) is 3.31. The molecule has 14 heavy (non-hydrogen) atoms. The van der Waals surface area contributed by atoms with Crippen LogP contribution in [-0.2, 0) is 0 Å². The number of carbonyl (C=O) groups excluding carboxylic acids is 1. The molecule has 0 aliphatic carbocycles. The first kappa shape index (κ1) is 10.3. The van der Waals surface area contributed by atoms with E-state index >= 15 is 0 Å². The second kappa shape index (κ2) is 5.07. The topological polar surface area (TPSA) is 102 Å². The fourth-order valence-electron chi connectivity index (χ4n) is 1.11. The number of urea groups is 1. The maximum atomic E-state index is 9.00. The van der Waals surface area contributed by atoms with Gasteiger partial charge in [0.15, 0.2) is 0 Å². The molecule has 0 unspecified atom stereocenters. The quantitative estimate of drug-likeness (QED) is 0.524. The van der Waals surface area contributed by atoms with Gasteiger partial charge in [-0.05, 0) is 6.42 Å². The molecule has 2 rings (SSSR count). The number of amides is 2. The lowest BCUT2D eigenvalue weighted by atomic mass is 10.5. The summed E-state index contributed by atoms with van der Waals surface area (Å²) in [6.45, 7) is 2.13. The van der Waals surface area contributed by atoms with Gasteiger partial charge in [-0.1, -0.05) is 0 Å². The molecule has 7 nitrogen and oxygen atoms in total. The minimum Gasteiger partial charge on any atom is -0.352 e. The largest absolute Gasteiger partial charge is 0.352 e. The van der Waals surface area contributed by atoms with Crippen LogP contribution in [0, 0.1) is 0 Å². The molecule has 0 aromatic carbocycles.